The molecule has 0 aliphatic rings. The summed E-state index contributed by atoms with van der Waals surface area (Å²) in [7, 11) is 0. The van der Waals surface area contributed by atoms with Crippen molar-refractivity contribution in [2.45, 2.75) is 26.9 Å². The molecule has 0 unspecified atom stereocenters. The van der Waals surface area contributed by atoms with Gasteiger partial charge in [0.15, 0.2) is 0 Å². The van der Waals surface area contributed by atoms with E-state index in [9.17, 15) is 0 Å². The zero-order valence-corrected chi connectivity index (χ0v) is 12.6. The summed E-state index contributed by atoms with van der Waals surface area (Å²) in [6.45, 7) is 6.04. The van der Waals surface area contributed by atoms with Crippen LogP contribution in [-0.2, 0) is 6.61 Å². The molecule has 1 aromatic carbocycles. The van der Waals surface area contributed by atoms with Crippen LogP contribution in [0.15, 0.2) is 24.3 Å². The van der Waals surface area contributed by atoms with Crippen molar-refractivity contribution in [3.05, 3.63) is 30.0 Å². The van der Waals surface area contributed by atoms with Gasteiger partial charge in [0.25, 0.3) is 0 Å². The Morgan fingerprint density at radius 1 is 1.20 bits per heavy atom. The third kappa shape index (κ3) is 4.09. The minimum absolute atomic E-state index is 0.401. The largest absolute Gasteiger partial charge is 0.494 e. The topological polar surface area (TPSA) is 56.3 Å². The summed E-state index contributed by atoms with van der Waals surface area (Å²) < 4.78 is 15.1. The summed E-state index contributed by atoms with van der Waals surface area (Å²) in [4.78, 5) is 0. The fourth-order valence-corrected chi connectivity index (χ4v) is 2.24. The Morgan fingerprint density at radius 2 is 2.00 bits per heavy atom. The second kappa shape index (κ2) is 7.69. The van der Waals surface area contributed by atoms with Crippen molar-refractivity contribution in [3.63, 3.8) is 0 Å². The van der Waals surface area contributed by atoms with Gasteiger partial charge in [0.05, 0.1) is 6.61 Å². The second-order valence-electron chi connectivity index (χ2n) is 4.17. The molecule has 108 valence electrons. The normalized spacial score (nSPS) is 10.3. The number of nitrogens with one attached hydrogen (secondary N) is 1. The van der Waals surface area contributed by atoms with Gasteiger partial charge in [0.1, 0.15) is 28.8 Å². The highest BCUT2D eigenvalue weighted by atomic mass is 32.1. The van der Waals surface area contributed by atoms with Crippen LogP contribution in [0, 0.1) is 0 Å². The molecule has 1 heterocycles. The Bertz CT molecular complexity index is 531. The van der Waals surface area contributed by atoms with Gasteiger partial charge in [-0.25, -0.2) is 0 Å². The lowest BCUT2D eigenvalue weighted by atomic mass is 10.3. The monoisotopic (exact) mass is 293 g/mol. The fourth-order valence-electron chi connectivity index (χ4n) is 1.65. The van der Waals surface area contributed by atoms with Crippen molar-refractivity contribution >= 4 is 16.5 Å². The zero-order valence-electron chi connectivity index (χ0n) is 11.8. The quantitative estimate of drug-likeness (QED) is 0.809. The Labute approximate surface area is 123 Å². The average Bonchev–Trinajstić information content (AvgIpc) is 2.91. The van der Waals surface area contributed by atoms with Crippen LogP contribution < -0.4 is 14.8 Å². The van der Waals surface area contributed by atoms with Crippen molar-refractivity contribution in [2.24, 2.45) is 0 Å². The predicted octanol–water partition coefficient (Wildman–Crippen LogP) is 3.34. The molecule has 0 saturated heterocycles. The van der Waals surface area contributed by atoms with Gasteiger partial charge in [-0.15, -0.1) is 5.10 Å². The lowest BCUT2D eigenvalue weighted by molar-refractivity contribution is 0.296. The highest BCUT2D eigenvalue weighted by molar-refractivity contribution is 7.10. The van der Waals surface area contributed by atoms with Gasteiger partial charge in [-0.2, -0.15) is 0 Å². The molecule has 0 fully saturated rings. The van der Waals surface area contributed by atoms with E-state index in [-0.39, 0.29) is 0 Å². The molecule has 1 aromatic heterocycles. The van der Waals surface area contributed by atoms with Crippen LogP contribution in [0.3, 0.4) is 0 Å². The Hall–Kier alpha value is -1.82. The summed E-state index contributed by atoms with van der Waals surface area (Å²) in [5.74, 6) is 1.58. The standard InChI is InChI=1S/C14H19N3O2S/c1-3-8-15-14-13(16-17-20-14)10-19-12-7-5-6-11(9-12)18-4-2/h5-7,9,15H,3-4,8,10H2,1-2H3. The van der Waals surface area contributed by atoms with E-state index in [1.54, 1.807) is 0 Å². The minimum Gasteiger partial charge on any atom is -0.494 e. The lowest BCUT2D eigenvalue weighted by Gasteiger charge is -2.08. The van der Waals surface area contributed by atoms with Crippen LogP contribution in [0.2, 0.25) is 0 Å². The average molecular weight is 293 g/mol. The van der Waals surface area contributed by atoms with Crippen LogP contribution >= 0.6 is 11.5 Å². The molecule has 20 heavy (non-hydrogen) atoms. The molecule has 0 spiro atoms. The third-order valence-corrected chi connectivity index (χ3v) is 3.31. The molecule has 5 nitrogen and oxygen atoms in total. The molecule has 0 saturated carbocycles. The van der Waals surface area contributed by atoms with Gasteiger partial charge in [0.2, 0.25) is 0 Å². The molecule has 0 bridgehead atoms. The fraction of sp³-hybridized carbons (Fsp3) is 0.429. The number of ether oxygens (including phenoxy) is 2. The first-order valence-electron chi connectivity index (χ1n) is 6.74. The van der Waals surface area contributed by atoms with Gasteiger partial charge in [-0.05, 0) is 25.5 Å². The maximum atomic E-state index is 5.74. The van der Waals surface area contributed by atoms with Gasteiger partial charge in [-0.1, -0.05) is 17.5 Å². The molecule has 2 aromatic rings. The number of aromatic nitrogens is 2. The second-order valence-corrected chi connectivity index (χ2v) is 4.93. The van der Waals surface area contributed by atoms with Gasteiger partial charge in [-0.3, -0.25) is 0 Å². The van der Waals surface area contributed by atoms with Crippen LogP contribution in [0.4, 0.5) is 5.00 Å². The van der Waals surface area contributed by atoms with Crippen molar-refractivity contribution in [1.82, 2.24) is 9.59 Å². The molecule has 0 aliphatic carbocycles. The molecule has 0 radical (unpaired) electrons. The van der Waals surface area contributed by atoms with Crippen LogP contribution in [0.25, 0.3) is 0 Å². The van der Waals surface area contributed by atoms with Gasteiger partial charge >= 0.3 is 0 Å². The van der Waals surface area contributed by atoms with E-state index in [1.807, 2.05) is 31.2 Å². The number of hydrogen-bond acceptors (Lipinski definition) is 6. The summed E-state index contributed by atoms with van der Waals surface area (Å²) in [6.07, 6.45) is 1.06. The van der Waals surface area contributed by atoms with E-state index < -0.39 is 0 Å². The summed E-state index contributed by atoms with van der Waals surface area (Å²) in [5, 5.41) is 8.37. The van der Waals surface area contributed by atoms with E-state index in [1.165, 1.54) is 11.5 Å². The van der Waals surface area contributed by atoms with E-state index in [4.69, 9.17) is 9.47 Å². The lowest BCUT2D eigenvalue weighted by Crippen LogP contribution is -2.03. The van der Waals surface area contributed by atoms with Crippen molar-refractivity contribution in [3.8, 4) is 11.5 Å². The van der Waals surface area contributed by atoms with E-state index >= 15 is 0 Å². The van der Waals surface area contributed by atoms with Crippen LogP contribution in [0.1, 0.15) is 26.0 Å². The first-order chi connectivity index (χ1) is 9.83. The highest BCUT2D eigenvalue weighted by Gasteiger charge is 2.08. The van der Waals surface area contributed by atoms with E-state index in [0.717, 1.165) is 35.2 Å². The first kappa shape index (κ1) is 14.6. The molecule has 0 amide bonds. The van der Waals surface area contributed by atoms with Crippen molar-refractivity contribution in [1.29, 1.82) is 0 Å². The number of anilines is 1. The molecule has 2 rings (SSSR count). The maximum absolute atomic E-state index is 5.74. The number of rotatable bonds is 8. The first-order valence-corrected chi connectivity index (χ1v) is 7.51. The maximum Gasteiger partial charge on any atom is 0.136 e. The molecular formula is C14H19N3O2S. The Balaban J connectivity index is 1.94. The number of nitrogens with zero attached hydrogens (tertiary/aromatic N) is 2. The molecule has 0 aliphatic heterocycles. The summed E-state index contributed by atoms with van der Waals surface area (Å²) >= 11 is 1.36. The van der Waals surface area contributed by atoms with Crippen molar-refractivity contribution in [2.75, 3.05) is 18.5 Å². The smallest absolute Gasteiger partial charge is 0.136 e. The number of benzene rings is 1. The van der Waals surface area contributed by atoms with Crippen LogP contribution in [-0.4, -0.2) is 22.7 Å². The highest BCUT2D eigenvalue weighted by Crippen LogP contribution is 2.23. The van der Waals surface area contributed by atoms with Gasteiger partial charge in [0, 0.05) is 24.1 Å². The minimum atomic E-state index is 0.401. The zero-order chi connectivity index (χ0) is 14.2. The Kier molecular flexibility index (Phi) is 5.61. The molecule has 6 heteroatoms. The Morgan fingerprint density at radius 3 is 2.75 bits per heavy atom. The molecular weight excluding hydrogens is 274 g/mol. The van der Waals surface area contributed by atoms with Crippen LogP contribution in [0.5, 0.6) is 11.5 Å². The van der Waals surface area contributed by atoms with E-state index in [2.05, 4.69) is 21.8 Å². The summed E-state index contributed by atoms with van der Waals surface area (Å²) in [5.41, 5.74) is 0.838. The van der Waals surface area contributed by atoms with Gasteiger partial charge < -0.3 is 14.8 Å². The number of hydrogen-bond donors (Lipinski definition) is 1. The van der Waals surface area contributed by atoms with Crippen molar-refractivity contribution < 1.29 is 9.47 Å². The molecule has 0 atom stereocenters. The third-order valence-electron chi connectivity index (χ3n) is 2.58. The van der Waals surface area contributed by atoms with E-state index in [0.29, 0.717) is 13.2 Å². The molecule has 1 N–H and O–H groups in total. The summed E-state index contributed by atoms with van der Waals surface area (Å²) in [6, 6.07) is 7.61. The SMILES string of the molecule is CCCNc1snnc1COc1cccc(OCC)c1. The predicted molar refractivity (Wildman–Crippen MR) is 80.6 cm³/mol.